The molecule has 0 saturated heterocycles. The van der Waals surface area contributed by atoms with E-state index < -0.39 is 40.4 Å². The normalized spacial score (nSPS) is 12.6. The second-order valence-corrected chi connectivity index (χ2v) is 6.29. The van der Waals surface area contributed by atoms with Crippen molar-refractivity contribution in [2.75, 3.05) is 0 Å². The number of carboxylic acid groups (broad SMARTS) is 1. The number of nitrogens with one attached hydrogen (secondary N) is 1. The lowest BCUT2D eigenvalue weighted by Crippen LogP contribution is -2.43. The number of carbonyl (C=O) groups excluding carboxylic acids is 1. The molecule has 0 unspecified atom stereocenters. The summed E-state index contributed by atoms with van der Waals surface area (Å²) in [6.07, 6.45) is -1.03. The molecule has 5 nitrogen and oxygen atoms in total. The van der Waals surface area contributed by atoms with Gasteiger partial charge in [0, 0.05) is 0 Å². The number of hydrogen-bond acceptors (Lipinski definition) is 3. The predicted octanol–water partition coefficient (Wildman–Crippen LogP) is 3.53. The molecule has 0 aromatic heterocycles. The number of carbonyl (C=O) groups is 2. The number of carboxylic acids is 1. The summed E-state index contributed by atoms with van der Waals surface area (Å²) >= 11 is 5.46. The highest BCUT2D eigenvalue weighted by Gasteiger charge is 2.24. The minimum absolute atomic E-state index is 0.0431. The lowest BCUT2D eigenvalue weighted by Gasteiger charge is -2.22. The van der Waals surface area contributed by atoms with E-state index in [-0.39, 0.29) is 18.4 Å². The molecule has 0 spiro atoms. The Morgan fingerprint density at radius 1 is 1.35 bits per heavy atom. The molecule has 8 heteroatoms. The predicted molar refractivity (Wildman–Crippen MR) is 80.5 cm³/mol. The third kappa shape index (κ3) is 6.02. The quantitative estimate of drug-likeness (QED) is 0.797. The lowest BCUT2D eigenvalue weighted by atomic mass is 10.0. The number of rotatable bonds is 5. The molecule has 1 atom stereocenters. The van der Waals surface area contributed by atoms with Gasteiger partial charge in [-0.2, -0.15) is 0 Å². The number of aryl methyl sites for hydroxylation is 1. The van der Waals surface area contributed by atoms with Crippen LogP contribution in [0.5, 0.6) is 0 Å². The van der Waals surface area contributed by atoms with Gasteiger partial charge in [0.1, 0.15) is 28.3 Å². The fraction of sp³-hybridized carbons (Fsp3) is 0.467. The third-order valence-corrected chi connectivity index (χ3v) is 3.15. The molecule has 1 aromatic rings. The van der Waals surface area contributed by atoms with Gasteiger partial charge in [-0.05, 0) is 45.2 Å². The standard InChI is InChI=1S/C15H18ClF2NO4/c1-15(2,3)23-14(22)19-10(13(20)21)7-5-8-4-6-9(17)11(16)12(8)18/h4,6,10H,5,7H2,1-3H3,(H,19,22)(H,20,21)/t10-/m1/s1. The van der Waals surface area contributed by atoms with Crippen LogP contribution in [0.25, 0.3) is 0 Å². The lowest BCUT2D eigenvalue weighted by molar-refractivity contribution is -0.139. The molecule has 1 amide bonds. The van der Waals surface area contributed by atoms with Gasteiger partial charge in [0.15, 0.2) is 0 Å². The van der Waals surface area contributed by atoms with Gasteiger partial charge in [0.2, 0.25) is 0 Å². The average Bonchev–Trinajstić information content (AvgIpc) is 2.40. The van der Waals surface area contributed by atoms with E-state index in [2.05, 4.69) is 5.32 Å². The van der Waals surface area contributed by atoms with Gasteiger partial charge >= 0.3 is 12.1 Å². The second-order valence-electron chi connectivity index (χ2n) is 5.91. The van der Waals surface area contributed by atoms with Crippen LogP contribution < -0.4 is 5.32 Å². The largest absolute Gasteiger partial charge is 0.480 e. The summed E-state index contributed by atoms with van der Waals surface area (Å²) in [6.45, 7) is 4.91. The second kappa shape index (κ2) is 7.59. The fourth-order valence-electron chi connectivity index (χ4n) is 1.77. The monoisotopic (exact) mass is 349 g/mol. The van der Waals surface area contributed by atoms with Crippen molar-refractivity contribution in [1.29, 1.82) is 0 Å². The smallest absolute Gasteiger partial charge is 0.408 e. The van der Waals surface area contributed by atoms with Crippen molar-refractivity contribution in [2.45, 2.75) is 45.3 Å². The van der Waals surface area contributed by atoms with E-state index in [9.17, 15) is 18.4 Å². The van der Waals surface area contributed by atoms with Gasteiger partial charge < -0.3 is 15.2 Å². The number of alkyl carbamates (subject to hydrolysis) is 1. The summed E-state index contributed by atoms with van der Waals surface area (Å²) in [5.74, 6) is -3.12. The summed E-state index contributed by atoms with van der Waals surface area (Å²) in [7, 11) is 0. The van der Waals surface area contributed by atoms with Crippen molar-refractivity contribution in [3.63, 3.8) is 0 Å². The molecule has 128 valence electrons. The zero-order chi connectivity index (χ0) is 17.8. The Hall–Kier alpha value is -1.89. The topological polar surface area (TPSA) is 75.6 Å². The van der Waals surface area contributed by atoms with Crippen molar-refractivity contribution in [3.05, 3.63) is 34.4 Å². The van der Waals surface area contributed by atoms with E-state index in [1.54, 1.807) is 20.8 Å². The Kier molecular flexibility index (Phi) is 6.32. The van der Waals surface area contributed by atoms with Crippen LogP contribution in [0, 0.1) is 11.6 Å². The van der Waals surface area contributed by atoms with Crippen LogP contribution in [0.2, 0.25) is 5.02 Å². The van der Waals surface area contributed by atoms with Gasteiger partial charge in [-0.15, -0.1) is 0 Å². The number of benzene rings is 1. The maximum Gasteiger partial charge on any atom is 0.408 e. The van der Waals surface area contributed by atoms with Crippen LogP contribution >= 0.6 is 11.6 Å². The molecule has 0 radical (unpaired) electrons. The van der Waals surface area contributed by atoms with Crippen molar-refractivity contribution >= 4 is 23.7 Å². The highest BCUT2D eigenvalue weighted by Crippen LogP contribution is 2.23. The summed E-state index contributed by atoms with van der Waals surface area (Å²) in [5, 5.41) is 10.7. The minimum atomic E-state index is -1.29. The van der Waals surface area contributed by atoms with Gasteiger partial charge in [0.25, 0.3) is 0 Å². The summed E-state index contributed by atoms with van der Waals surface area (Å²) < 4.78 is 31.8. The zero-order valence-corrected chi connectivity index (χ0v) is 13.7. The Morgan fingerprint density at radius 3 is 2.48 bits per heavy atom. The number of aliphatic carboxylic acids is 1. The highest BCUT2D eigenvalue weighted by molar-refractivity contribution is 6.30. The van der Waals surface area contributed by atoms with Crippen LogP contribution in [0.15, 0.2) is 12.1 Å². The highest BCUT2D eigenvalue weighted by atomic mass is 35.5. The third-order valence-electron chi connectivity index (χ3n) is 2.81. The summed E-state index contributed by atoms with van der Waals surface area (Å²) in [4.78, 5) is 22.8. The van der Waals surface area contributed by atoms with Crippen molar-refractivity contribution in [1.82, 2.24) is 5.32 Å². The van der Waals surface area contributed by atoms with Gasteiger partial charge in [-0.25, -0.2) is 18.4 Å². The molecule has 23 heavy (non-hydrogen) atoms. The molecule has 2 N–H and O–H groups in total. The number of amides is 1. The van der Waals surface area contributed by atoms with E-state index in [1.165, 1.54) is 6.07 Å². The first-order valence-electron chi connectivity index (χ1n) is 6.86. The van der Waals surface area contributed by atoms with E-state index in [4.69, 9.17) is 21.4 Å². The number of hydrogen-bond donors (Lipinski definition) is 2. The Balaban J connectivity index is 2.73. The first-order chi connectivity index (χ1) is 10.5. The van der Waals surface area contributed by atoms with E-state index in [0.717, 1.165) is 6.07 Å². The molecule has 0 heterocycles. The van der Waals surface area contributed by atoms with Gasteiger partial charge in [-0.3, -0.25) is 0 Å². The fourth-order valence-corrected chi connectivity index (χ4v) is 1.95. The van der Waals surface area contributed by atoms with Crippen molar-refractivity contribution in [2.24, 2.45) is 0 Å². The molecule has 0 fully saturated rings. The Labute approximate surface area is 137 Å². The van der Waals surface area contributed by atoms with Crippen LogP contribution in [0.1, 0.15) is 32.8 Å². The number of halogens is 3. The van der Waals surface area contributed by atoms with Crippen LogP contribution in [0.3, 0.4) is 0 Å². The van der Waals surface area contributed by atoms with Gasteiger partial charge in [0.05, 0.1) is 0 Å². The molecule has 0 bridgehead atoms. The molecule has 1 rings (SSSR count). The maximum atomic E-state index is 13.8. The molecule has 0 aliphatic heterocycles. The van der Waals surface area contributed by atoms with E-state index in [1.807, 2.05) is 0 Å². The zero-order valence-electron chi connectivity index (χ0n) is 13.0. The van der Waals surface area contributed by atoms with Crippen molar-refractivity contribution in [3.8, 4) is 0 Å². The number of ether oxygens (including phenoxy) is 1. The minimum Gasteiger partial charge on any atom is -0.480 e. The molecular weight excluding hydrogens is 332 g/mol. The van der Waals surface area contributed by atoms with Gasteiger partial charge in [-0.1, -0.05) is 17.7 Å². The summed E-state index contributed by atoms with van der Waals surface area (Å²) in [5.41, 5.74) is -0.711. The van der Waals surface area contributed by atoms with E-state index in [0.29, 0.717) is 0 Å². The molecule has 0 saturated carbocycles. The van der Waals surface area contributed by atoms with Crippen molar-refractivity contribution < 1.29 is 28.2 Å². The molecule has 0 aliphatic rings. The summed E-state index contributed by atoms with van der Waals surface area (Å²) in [6, 6.07) is 0.911. The van der Waals surface area contributed by atoms with E-state index >= 15 is 0 Å². The van der Waals surface area contributed by atoms with Crippen LogP contribution in [0.4, 0.5) is 13.6 Å². The average molecular weight is 350 g/mol. The Bertz CT molecular complexity index is 602. The molecule has 0 aliphatic carbocycles. The SMILES string of the molecule is CC(C)(C)OC(=O)N[C@H](CCc1ccc(F)c(Cl)c1F)C(=O)O. The molecular formula is C15H18ClF2NO4. The maximum absolute atomic E-state index is 13.8. The Morgan fingerprint density at radius 2 is 1.96 bits per heavy atom. The first-order valence-corrected chi connectivity index (χ1v) is 7.23. The first kappa shape index (κ1) is 19.2. The molecule has 1 aromatic carbocycles. The van der Waals surface area contributed by atoms with Crippen LogP contribution in [-0.2, 0) is 16.0 Å². The van der Waals surface area contributed by atoms with Crippen LogP contribution in [-0.4, -0.2) is 28.8 Å².